The van der Waals surface area contributed by atoms with Gasteiger partial charge in [-0.25, -0.2) is 0 Å². The third-order valence-corrected chi connectivity index (χ3v) is 14.4. The number of furan rings is 2. The third kappa shape index (κ3) is 5.43. The SMILES string of the molecule is c1ccc(N(c2cc(-c3ccc(-n4c5ccccc5c5ccccc54)cc3)c3oc4ccccc4c3c2)c2cccc3c2sc2ccccc23)c(-c2cccc3c2oc2ccccc23)c1. The molecule has 0 aliphatic carbocycles. The molecule has 65 heavy (non-hydrogen) atoms. The molecule has 10 aromatic carbocycles. The third-order valence-electron chi connectivity index (χ3n) is 13.2. The summed E-state index contributed by atoms with van der Waals surface area (Å²) in [5.74, 6) is 0. The molecule has 0 atom stereocenters. The van der Waals surface area contributed by atoms with Crippen LogP contribution < -0.4 is 4.90 Å². The lowest BCUT2D eigenvalue weighted by molar-refractivity contribution is 0.669. The first-order chi connectivity index (χ1) is 32.2. The zero-order valence-corrected chi connectivity index (χ0v) is 35.7. The minimum atomic E-state index is 0.859. The number of rotatable bonds is 6. The number of anilines is 3. The second-order valence-electron chi connectivity index (χ2n) is 16.8. The Balaban J connectivity index is 1.04. The maximum Gasteiger partial charge on any atom is 0.143 e. The molecule has 304 valence electrons. The Labute approximate surface area is 377 Å². The number of fused-ring (bicyclic) bond motifs is 12. The summed E-state index contributed by atoms with van der Waals surface area (Å²) in [6.07, 6.45) is 0. The number of hydrogen-bond donors (Lipinski definition) is 0. The fourth-order valence-corrected chi connectivity index (χ4v) is 11.5. The van der Waals surface area contributed by atoms with E-state index in [0.29, 0.717) is 0 Å². The highest BCUT2D eigenvalue weighted by Crippen LogP contribution is 2.50. The Morgan fingerprint density at radius 2 is 0.908 bits per heavy atom. The van der Waals surface area contributed by atoms with E-state index in [4.69, 9.17) is 8.83 Å². The second kappa shape index (κ2) is 14.1. The molecule has 14 rings (SSSR count). The van der Waals surface area contributed by atoms with Crippen molar-refractivity contribution in [3.8, 4) is 27.9 Å². The molecule has 0 aliphatic rings. The Kier molecular flexibility index (Phi) is 7.82. The molecule has 0 amide bonds. The molecule has 0 N–H and O–H groups in total. The molecule has 0 saturated carbocycles. The highest BCUT2D eigenvalue weighted by atomic mass is 32.1. The van der Waals surface area contributed by atoms with E-state index in [9.17, 15) is 0 Å². The van der Waals surface area contributed by atoms with E-state index in [0.717, 1.165) is 88.9 Å². The molecule has 4 heterocycles. The van der Waals surface area contributed by atoms with Crippen molar-refractivity contribution < 1.29 is 8.83 Å². The van der Waals surface area contributed by atoms with Gasteiger partial charge in [-0.2, -0.15) is 0 Å². The van der Waals surface area contributed by atoms with Gasteiger partial charge in [0, 0.05) is 75.9 Å². The van der Waals surface area contributed by atoms with Gasteiger partial charge in [0.1, 0.15) is 22.3 Å². The Morgan fingerprint density at radius 1 is 0.369 bits per heavy atom. The lowest BCUT2D eigenvalue weighted by Crippen LogP contribution is -2.11. The first-order valence-corrected chi connectivity index (χ1v) is 22.8. The average Bonchev–Trinajstić information content (AvgIpc) is 4.14. The summed E-state index contributed by atoms with van der Waals surface area (Å²) in [5.41, 5.74) is 14.3. The zero-order chi connectivity index (χ0) is 42.6. The van der Waals surface area contributed by atoms with Gasteiger partial charge in [0.2, 0.25) is 0 Å². The van der Waals surface area contributed by atoms with Crippen molar-refractivity contribution in [3.63, 3.8) is 0 Å². The van der Waals surface area contributed by atoms with Crippen LogP contribution >= 0.6 is 11.3 Å². The lowest BCUT2D eigenvalue weighted by Gasteiger charge is -2.29. The molecule has 4 aromatic heterocycles. The van der Waals surface area contributed by atoms with Gasteiger partial charge in [0.15, 0.2) is 0 Å². The first kappa shape index (κ1) is 36.1. The summed E-state index contributed by atoms with van der Waals surface area (Å²) in [4.78, 5) is 2.46. The zero-order valence-electron chi connectivity index (χ0n) is 34.9. The normalized spacial score (nSPS) is 12.0. The molecule has 0 aliphatic heterocycles. The van der Waals surface area contributed by atoms with E-state index in [2.05, 4.69) is 222 Å². The molecule has 5 heteroatoms. The lowest BCUT2D eigenvalue weighted by atomic mass is 9.97. The van der Waals surface area contributed by atoms with E-state index in [1.54, 1.807) is 0 Å². The molecule has 0 radical (unpaired) electrons. The summed E-state index contributed by atoms with van der Waals surface area (Å²) < 4.78 is 18.4. The number of para-hydroxylation sites is 6. The Bertz CT molecular complexity index is 4150. The van der Waals surface area contributed by atoms with Crippen molar-refractivity contribution in [2.45, 2.75) is 0 Å². The minimum absolute atomic E-state index is 0.859. The van der Waals surface area contributed by atoms with Crippen LogP contribution in [0.3, 0.4) is 0 Å². The summed E-state index contributed by atoms with van der Waals surface area (Å²) in [6.45, 7) is 0. The molecule has 4 nitrogen and oxygen atoms in total. The number of benzene rings is 10. The number of aromatic nitrogens is 1. The predicted molar refractivity (Wildman–Crippen MR) is 274 cm³/mol. The Hall–Kier alpha value is -8.38. The summed E-state index contributed by atoms with van der Waals surface area (Å²) in [5, 5.41) is 9.33. The van der Waals surface area contributed by atoms with E-state index in [1.807, 2.05) is 17.4 Å². The van der Waals surface area contributed by atoms with Crippen LogP contribution in [0, 0.1) is 0 Å². The molecule has 0 spiro atoms. The van der Waals surface area contributed by atoms with Gasteiger partial charge in [0.05, 0.1) is 27.1 Å². The maximum absolute atomic E-state index is 6.85. The van der Waals surface area contributed by atoms with Crippen molar-refractivity contribution in [2.24, 2.45) is 0 Å². The van der Waals surface area contributed by atoms with Crippen LogP contribution in [0.2, 0.25) is 0 Å². The molecule has 14 aromatic rings. The van der Waals surface area contributed by atoms with Crippen molar-refractivity contribution in [1.82, 2.24) is 4.57 Å². The molecular formula is C60H36N2O2S. The summed E-state index contributed by atoms with van der Waals surface area (Å²) >= 11 is 1.84. The van der Waals surface area contributed by atoms with Crippen LogP contribution in [0.5, 0.6) is 0 Å². The van der Waals surface area contributed by atoms with Gasteiger partial charge in [0.25, 0.3) is 0 Å². The van der Waals surface area contributed by atoms with Crippen molar-refractivity contribution in [3.05, 3.63) is 218 Å². The van der Waals surface area contributed by atoms with Crippen LogP contribution in [0.1, 0.15) is 0 Å². The Morgan fingerprint density at radius 3 is 1.66 bits per heavy atom. The van der Waals surface area contributed by atoms with Crippen molar-refractivity contribution in [2.75, 3.05) is 4.90 Å². The molecule has 0 fully saturated rings. The van der Waals surface area contributed by atoms with Gasteiger partial charge >= 0.3 is 0 Å². The smallest absolute Gasteiger partial charge is 0.143 e. The van der Waals surface area contributed by atoms with E-state index in [1.165, 1.54) is 42.0 Å². The van der Waals surface area contributed by atoms with Gasteiger partial charge in [-0.3, -0.25) is 0 Å². The molecular weight excluding hydrogens is 813 g/mol. The number of thiophene rings is 1. The largest absolute Gasteiger partial charge is 0.455 e. The van der Waals surface area contributed by atoms with Crippen molar-refractivity contribution in [1.29, 1.82) is 0 Å². The highest BCUT2D eigenvalue weighted by Gasteiger charge is 2.25. The first-order valence-electron chi connectivity index (χ1n) is 22.0. The second-order valence-corrected chi connectivity index (χ2v) is 17.8. The van der Waals surface area contributed by atoms with E-state index in [-0.39, 0.29) is 0 Å². The van der Waals surface area contributed by atoms with Crippen LogP contribution in [0.15, 0.2) is 227 Å². The van der Waals surface area contributed by atoms with Crippen LogP contribution in [-0.4, -0.2) is 4.57 Å². The van der Waals surface area contributed by atoms with Gasteiger partial charge in [-0.1, -0.05) is 152 Å². The highest BCUT2D eigenvalue weighted by molar-refractivity contribution is 7.26. The van der Waals surface area contributed by atoms with Crippen LogP contribution in [0.4, 0.5) is 17.1 Å². The van der Waals surface area contributed by atoms with Crippen molar-refractivity contribution >= 4 is 114 Å². The monoisotopic (exact) mass is 848 g/mol. The maximum atomic E-state index is 6.85. The van der Waals surface area contributed by atoms with Crippen LogP contribution in [-0.2, 0) is 0 Å². The fourth-order valence-electron chi connectivity index (χ4n) is 10.3. The van der Waals surface area contributed by atoms with Gasteiger partial charge in [-0.05, 0) is 72.3 Å². The standard InChI is InChI=1S/C60H36N2O2S/c1-7-24-51-40(15-1)41-16-2-8-25-52(41)61(51)38-33-31-37(32-34-38)49-35-39(36-50-44-19-5-11-29-56(44)64-59(49)50)62(54-27-14-23-48-45-20-6-12-30-57(45)65-60(48)54)53-26-9-3-17-42(53)46-21-13-22-47-43-18-4-10-28-55(43)63-58(46)47/h1-36H. The molecule has 0 unspecified atom stereocenters. The van der Waals surface area contributed by atoms with Gasteiger partial charge in [-0.15, -0.1) is 11.3 Å². The topological polar surface area (TPSA) is 34.5 Å². The molecule has 0 saturated heterocycles. The number of hydrogen-bond acceptors (Lipinski definition) is 4. The average molecular weight is 849 g/mol. The fraction of sp³-hybridized carbons (Fsp3) is 0. The number of nitrogens with zero attached hydrogens (tertiary/aromatic N) is 2. The predicted octanol–water partition coefficient (Wildman–Crippen LogP) is 17.8. The van der Waals surface area contributed by atoms with E-state index < -0.39 is 0 Å². The minimum Gasteiger partial charge on any atom is -0.455 e. The van der Waals surface area contributed by atoms with Crippen LogP contribution in [0.25, 0.3) is 114 Å². The molecule has 0 bridgehead atoms. The van der Waals surface area contributed by atoms with Gasteiger partial charge < -0.3 is 18.3 Å². The quantitative estimate of drug-likeness (QED) is 0.167. The van der Waals surface area contributed by atoms with E-state index >= 15 is 0 Å². The summed E-state index contributed by atoms with van der Waals surface area (Å²) in [6, 6.07) is 78.4. The summed E-state index contributed by atoms with van der Waals surface area (Å²) in [7, 11) is 0.